The molecule has 1 unspecified atom stereocenters. The molecule has 1 atom stereocenters. The van der Waals surface area contributed by atoms with Crippen LogP contribution in [0.15, 0.2) is 223 Å². The summed E-state index contributed by atoms with van der Waals surface area (Å²) >= 11 is 0. The van der Waals surface area contributed by atoms with Gasteiger partial charge in [-0.25, -0.2) is 0 Å². The number of para-hydroxylation sites is 3. The average molecular weight is 847 g/mol. The van der Waals surface area contributed by atoms with Gasteiger partial charge in [0.2, 0.25) is 0 Å². The highest BCUT2D eigenvalue weighted by Crippen LogP contribution is 2.56. The number of anilines is 3. The minimum absolute atomic E-state index is 0.485. The summed E-state index contributed by atoms with van der Waals surface area (Å²) in [6.45, 7) is 5.11. The predicted octanol–water partition coefficient (Wildman–Crippen LogP) is 14.8. The van der Waals surface area contributed by atoms with E-state index in [9.17, 15) is 0 Å². The van der Waals surface area contributed by atoms with Crippen LogP contribution in [0.25, 0.3) is 71.3 Å². The lowest BCUT2D eigenvalue weighted by atomic mass is 9.59. The van der Waals surface area contributed by atoms with Gasteiger partial charge in [-0.05, 0) is 121 Å². The zero-order chi connectivity index (χ0) is 43.0. The fraction of sp³-hybridized carbons (Fsp3) is 0.0492. The van der Waals surface area contributed by atoms with E-state index in [2.05, 4.69) is 229 Å². The van der Waals surface area contributed by atoms with Gasteiger partial charge in [0.25, 0.3) is 0 Å². The number of fused-ring (bicyclic) bond motifs is 14. The SMILES string of the molecule is C[Si]1(C)c2ccccc2C2(c3ccccc3-c3cccc4cccc2c34)c2ccc(N(c3ccccc3)c3ccc4c(c3)c3ccccc3n4-c3ccc4c(c3)oc3ccccc34)cc21. The molecule has 2 aliphatic rings. The van der Waals surface area contributed by atoms with E-state index in [1.807, 2.05) is 12.1 Å². The van der Waals surface area contributed by atoms with E-state index in [-0.39, 0.29) is 0 Å². The molecule has 306 valence electrons. The Bertz CT molecular complexity index is 3950. The topological polar surface area (TPSA) is 21.3 Å². The fourth-order valence-corrected chi connectivity index (χ4v) is 15.3. The molecule has 65 heavy (non-hydrogen) atoms. The second-order valence-electron chi connectivity index (χ2n) is 18.4. The van der Waals surface area contributed by atoms with Crippen molar-refractivity contribution < 1.29 is 4.42 Å². The molecule has 1 aliphatic heterocycles. The van der Waals surface area contributed by atoms with Crippen LogP contribution in [-0.4, -0.2) is 12.6 Å². The molecule has 10 aromatic carbocycles. The maximum Gasteiger partial charge on any atom is 0.137 e. The first kappa shape index (κ1) is 36.5. The van der Waals surface area contributed by atoms with Gasteiger partial charge in [0.15, 0.2) is 0 Å². The molecule has 0 bridgehead atoms. The molecule has 0 fully saturated rings. The molecule has 3 nitrogen and oxygen atoms in total. The number of aromatic nitrogens is 1. The van der Waals surface area contributed by atoms with Gasteiger partial charge >= 0.3 is 0 Å². The van der Waals surface area contributed by atoms with Gasteiger partial charge in [0.05, 0.1) is 16.4 Å². The van der Waals surface area contributed by atoms with Crippen LogP contribution in [0, 0.1) is 0 Å². The molecule has 4 heteroatoms. The summed E-state index contributed by atoms with van der Waals surface area (Å²) in [4.78, 5) is 2.47. The lowest BCUT2D eigenvalue weighted by Gasteiger charge is -2.50. The highest BCUT2D eigenvalue weighted by molar-refractivity contribution is 7.01. The van der Waals surface area contributed by atoms with Crippen LogP contribution in [0.1, 0.15) is 22.3 Å². The summed E-state index contributed by atoms with van der Waals surface area (Å²) in [5.74, 6) is 0. The van der Waals surface area contributed by atoms with Gasteiger partial charge < -0.3 is 13.9 Å². The second kappa shape index (κ2) is 13.3. The van der Waals surface area contributed by atoms with Crippen LogP contribution in [0.2, 0.25) is 13.1 Å². The van der Waals surface area contributed by atoms with Crippen molar-refractivity contribution in [2.24, 2.45) is 0 Å². The largest absolute Gasteiger partial charge is 0.456 e. The molecule has 14 rings (SSSR count). The molecular formula is C61H42N2OSi. The van der Waals surface area contributed by atoms with Gasteiger partial charge in [-0.2, -0.15) is 0 Å². The maximum atomic E-state index is 6.40. The predicted molar refractivity (Wildman–Crippen MR) is 274 cm³/mol. The fourth-order valence-electron chi connectivity index (χ4n) is 12.1. The highest BCUT2D eigenvalue weighted by atomic mass is 28.3. The molecule has 1 spiro atoms. The standard InChI is InChI=1S/C61H42N2OSi/c1-65(2)58-29-13-10-25-51(58)61(50-24-9-6-20-44(50)48-23-14-16-39-17-15-26-53(61)60(39)48)52-34-31-43(38-59(52)65)62(40-18-4-3-5-19-40)41-32-35-55-49(36-41)45-21-7-11-27-54(45)63(55)42-30-33-47-46-22-8-12-28-56(46)64-57(47)37-42/h3-38H,1-2H3. The van der Waals surface area contributed by atoms with Crippen LogP contribution in [0.5, 0.6) is 0 Å². The summed E-state index contributed by atoms with van der Waals surface area (Å²) in [5.41, 5.74) is 16.3. The first-order valence-corrected chi connectivity index (χ1v) is 25.7. The molecule has 3 heterocycles. The van der Waals surface area contributed by atoms with Crippen molar-refractivity contribution in [3.8, 4) is 16.8 Å². The van der Waals surface area contributed by atoms with E-state index in [1.54, 1.807) is 0 Å². The van der Waals surface area contributed by atoms with Crippen molar-refractivity contribution in [1.82, 2.24) is 4.57 Å². The zero-order valence-electron chi connectivity index (χ0n) is 36.1. The first-order chi connectivity index (χ1) is 32.0. The number of rotatable bonds is 4. The van der Waals surface area contributed by atoms with Gasteiger partial charge in [-0.1, -0.05) is 159 Å². The van der Waals surface area contributed by atoms with Crippen LogP contribution >= 0.6 is 0 Å². The monoisotopic (exact) mass is 846 g/mol. The Morgan fingerprint density at radius 3 is 1.95 bits per heavy atom. The third kappa shape index (κ3) is 4.89. The highest BCUT2D eigenvalue weighted by Gasteiger charge is 2.52. The molecule has 0 radical (unpaired) electrons. The maximum absolute atomic E-state index is 6.40. The molecule has 0 saturated heterocycles. The van der Waals surface area contributed by atoms with Crippen molar-refractivity contribution >= 4 is 90.0 Å². The van der Waals surface area contributed by atoms with E-state index < -0.39 is 13.5 Å². The number of hydrogen-bond donors (Lipinski definition) is 0. The normalized spacial score (nSPS) is 15.7. The average Bonchev–Trinajstić information content (AvgIpc) is 3.90. The van der Waals surface area contributed by atoms with E-state index >= 15 is 0 Å². The van der Waals surface area contributed by atoms with Crippen molar-refractivity contribution in [2.45, 2.75) is 18.5 Å². The Hall–Kier alpha value is -7.92. The van der Waals surface area contributed by atoms with Gasteiger partial charge in [-0.15, -0.1) is 0 Å². The third-order valence-corrected chi connectivity index (χ3v) is 18.4. The van der Waals surface area contributed by atoms with E-state index in [0.29, 0.717) is 0 Å². The minimum atomic E-state index is -2.30. The Morgan fingerprint density at radius 2 is 1.06 bits per heavy atom. The van der Waals surface area contributed by atoms with Crippen LogP contribution in [-0.2, 0) is 5.41 Å². The zero-order valence-corrected chi connectivity index (χ0v) is 37.1. The summed E-state index contributed by atoms with van der Waals surface area (Å²) in [7, 11) is -2.30. The first-order valence-electron chi connectivity index (χ1n) is 22.7. The summed E-state index contributed by atoms with van der Waals surface area (Å²) in [6.07, 6.45) is 0. The molecule has 2 aromatic heterocycles. The van der Waals surface area contributed by atoms with Crippen LogP contribution in [0.4, 0.5) is 17.1 Å². The van der Waals surface area contributed by atoms with Gasteiger partial charge in [0.1, 0.15) is 19.2 Å². The van der Waals surface area contributed by atoms with E-state index in [0.717, 1.165) is 55.7 Å². The summed E-state index contributed by atoms with van der Waals surface area (Å²) < 4.78 is 8.79. The molecule has 12 aromatic rings. The molecule has 1 aliphatic carbocycles. The molecule has 0 saturated carbocycles. The van der Waals surface area contributed by atoms with E-state index in [4.69, 9.17) is 4.42 Å². The Morgan fingerprint density at radius 1 is 0.415 bits per heavy atom. The second-order valence-corrected chi connectivity index (χ2v) is 22.7. The molecule has 0 N–H and O–H groups in total. The van der Waals surface area contributed by atoms with Crippen LogP contribution < -0.4 is 15.3 Å². The Balaban J connectivity index is 1.00. The molecular weight excluding hydrogens is 805 g/mol. The third-order valence-electron chi connectivity index (χ3n) is 14.8. The Kier molecular flexibility index (Phi) is 7.48. The number of nitrogens with zero attached hydrogens (tertiary/aromatic N) is 2. The Labute approximate surface area is 378 Å². The van der Waals surface area contributed by atoms with Crippen molar-refractivity contribution in [3.05, 3.63) is 241 Å². The van der Waals surface area contributed by atoms with Crippen molar-refractivity contribution in [1.29, 1.82) is 0 Å². The smallest absolute Gasteiger partial charge is 0.137 e. The number of furan rings is 1. The van der Waals surface area contributed by atoms with Gasteiger partial charge in [0, 0.05) is 50.4 Å². The number of benzene rings is 10. The van der Waals surface area contributed by atoms with E-state index in [1.165, 1.54) is 65.3 Å². The van der Waals surface area contributed by atoms with Crippen LogP contribution in [0.3, 0.4) is 0 Å². The minimum Gasteiger partial charge on any atom is -0.456 e. The van der Waals surface area contributed by atoms with Crippen molar-refractivity contribution in [3.63, 3.8) is 0 Å². The van der Waals surface area contributed by atoms with Crippen molar-refractivity contribution in [2.75, 3.05) is 4.90 Å². The lowest BCUT2D eigenvalue weighted by molar-refractivity contribution is 0.668. The quantitative estimate of drug-likeness (QED) is 0.165. The number of hydrogen-bond acceptors (Lipinski definition) is 2. The van der Waals surface area contributed by atoms with Gasteiger partial charge in [-0.3, -0.25) is 0 Å². The summed E-state index contributed by atoms with van der Waals surface area (Å²) in [5, 5.41) is 10.3. The lowest BCUT2D eigenvalue weighted by Crippen LogP contribution is -2.63. The summed E-state index contributed by atoms with van der Waals surface area (Å²) in [6, 6.07) is 81.4. The molecule has 0 amide bonds.